The van der Waals surface area contributed by atoms with Crippen LogP contribution in [0, 0.1) is 0 Å². The van der Waals surface area contributed by atoms with Crippen LogP contribution in [0.1, 0.15) is 37.7 Å². The zero-order valence-electron chi connectivity index (χ0n) is 15.8. The van der Waals surface area contributed by atoms with Crippen molar-refractivity contribution in [3.8, 4) is 0 Å². The fraction of sp³-hybridized carbons (Fsp3) is 0.650. The maximum absolute atomic E-state index is 6.06. The van der Waals surface area contributed by atoms with Crippen molar-refractivity contribution in [1.29, 1.82) is 0 Å². The van der Waals surface area contributed by atoms with Crippen LogP contribution in [0.5, 0.6) is 0 Å². The van der Waals surface area contributed by atoms with Crippen LogP contribution in [0.15, 0.2) is 35.3 Å². The van der Waals surface area contributed by atoms with Crippen molar-refractivity contribution in [3.05, 3.63) is 35.9 Å². The summed E-state index contributed by atoms with van der Waals surface area (Å²) < 4.78 is 6.06. The SMILES string of the molecule is CN=C(NCCCOC1CCN(Cc2ccccc2)CC1)NC1CC1.I. The second-order valence-electron chi connectivity index (χ2n) is 7.10. The number of aliphatic imine (C=N–C) groups is 1. The number of nitrogens with zero attached hydrogens (tertiary/aromatic N) is 2. The molecule has 0 atom stereocenters. The van der Waals surface area contributed by atoms with E-state index < -0.39 is 0 Å². The standard InChI is InChI=1S/C20H32N4O.HI/c1-21-20(23-18-8-9-18)22-12-5-15-25-19-10-13-24(14-11-19)16-17-6-3-2-4-7-17;/h2-4,6-7,18-19H,5,8-16H2,1H3,(H2,21,22,23);1H. The molecule has 1 aromatic rings. The number of halogens is 1. The molecule has 2 fully saturated rings. The smallest absolute Gasteiger partial charge is 0.191 e. The molecule has 1 heterocycles. The van der Waals surface area contributed by atoms with Gasteiger partial charge >= 0.3 is 0 Å². The van der Waals surface area contributed by atoms with Crippen LogP contribution in [0.2, 0.25) is 0 Å². The number of likely N-dealkylation sites (tertiary alicyclic amines) is 1. The van der Waals surface area contributed by atoms with Crippen LogP contribution in [0.3, 0.4) is 0 Å². The summed E-state index contributed by atoms with van der Waals surface area (Å²) in [5, 5.41) is 6.76. The molecule has 1 saturated carbocycles. The molecule has 1 saturated heterocycles. The molecule has 0 spiro atoms. The van der Waals surface area contributed by atoms with Gasteiger partial charge in [0, 0.05) is 45.9 Å². The minimum Gasteiger partial charge on any atom is -0.378 e. The van der Waals surface area contributed by atoms with Gasteiger partial charge in [-0.1, -0.05) is 30.3 Å². The summed E-state index contributed by atoms with van der Waals surface area (Å²) in [4.78, 5) is 6.78. The van der Waals surface area contributed by atoms with E-state index in [2.05, 4.69) is 50.9 Å². The second kappa shape index (κ2) is 11.8. The van der Waals surface area contributed by atoms with Gasteiger partial charge in [-0.05, 0) is 37.7 Å². The van der Waals surface area contributed by atoms with E-state index in [9.17, 15) is 0 Å². The van der Waals surface area contributed by atoms with E-state index in [-0.39, 0.29) is 24.0 Å². The van der Waals surface area contributed by atoms with Gasteiger partial charge < -0.3 is 15.4 Å². The molecule has 2 N–H and O–H groups in total. The number of hydrogen-bond acceptors (Lipinski definition) is 3. The quantitative estimate of drug-likeness (QED) is 0.265. The second-order valence-corrected chi connectivity index (χ2v) is 7.10. The van der Waals surface area contributed by atoms with Crippen molar-refractivity contribution in [3.63, 3.8) is 0 Å². The van der Waals surface area contributed by atoms with Crippen molar-refractivity contribution in [1.82, 2.24) is 15.5 Å². The third-order valence-corrected chi connectivity index (χ3v) is 4.89. The van der Waals surface area contributed by atoms with E-state index >= 15 is 0 Å². The lowest BCUT2D eigenvalue weighted by atomic mass is 10.1. The molecule has 2 aliphatic rings. The molecule has 0 radical (unpaired) electrons. The normalized spacial score (nSPS) is 19.0. The maximum atomic E-state index is 6.06. The average molecular weight is 472 g/mol. The number of hydrogen-bond donors (Lipinski definition) is 2. The predicted molar refractivity (Wildman–Crippen MR) is 118 cm³/mol. The van der Waals surface area contributed by atoms with Gasteiger partial charge in [-0.3, -0.25) is 9.89 Å². The van der Waals surface area contributed by atoms with Gasteiger partial charge in [-0.2, -0.15) is 0 Å². The topological polar surface area (TPSA) is 48.9 Å². The molecule has 1 aliphatic carbocycles. The van der Waals surface area contributed by atoms with Crippen LogP contribution in [-0.4, -0.2) is 56.3 Å². The molecule has 0 amide bonds. The van der Waals surface area contributed by atoms with Gasteiger partial charge in [-0.15, -0.1) is 24.0 Å². The zero-order valence-corrected chi connectivity index (χ0v) is 18.2. The number of piperidine rings is 1. The van der Waals surface area contributed by atoms with Crippen LogP contribution in [0.25, 0.3) is 0 Å². The Morgan fingerprint density at radius 2 is 1.88 bits per heavy atom. The predicted octanol–water partition coefficient (Wildman–Crippen LogP) is 3.00. The third-order valence-electron chi connectivity index (χ3n) is 4.89. The highest BCUT2D eigenvalue weighted by atomic mass is 127. The zero-order chi connectivity index (χ0) is 17.3. The van der Waals surface area contributed by atoms with Gasteiger partial charge in [0.2, 0.25) is 0 Å². The van der Waals surface area contributed by atoms with Gasteiger partial charge in [0.1, 0.15) is 0 Å². The average Bonchev–Trinajstić information content (AvgIpc) is 3.47. The highest BCUT2D eigenvalue weighted by Crippen LogP contribution is 2.18. The summed E-state index contributed by atoms with van der Waals surface area (Å²) >= 11 is 0. The Labute approximate surface area is 175 Å². The summed E-state index contributed by atoms with van der Waals surface area (Å²) in [7, 11) is 1.83. The summed E-state index contributed by atoms with van der Waals surface area (Å²) in [6.07, 6.45) is 6.28. The Morgan fingerprint density at radius 3 is 2.54 bits per heavy atom. The first kappa shape index (κ1) is 21.4. The van der Waals surface area contributed by atoms with Gasteiger partial charge in [0.05, 0.1) is 6.10 Å². The minimum absolute atomic E-state index is 0. The van der Waals surface area contributed by atoms with Gasteiger partial charge in [-0.25, -0.2) is 0 Å². The summed E-state index contributed by atoms with van der Waals surface area (Å²) in [6.45, 7) is 5.08. The van der Waals surface area contributed by atoms with E-state index in [4.69, 9.17) is 4.74 Å². The van der Waals surface area contributed by atoms with Crippen molar-refractivity contribution in [2.75, 3.05) is 33.3 Å². The number of ether oxygens (including phenoxy) is 1. The Balaban J connectivity index is 0.00000243. The molecule has 1 aromatic carbocycles. The maximum Gasteiger partial charge on any atom is 0.191 e. The largest absolute Gasteiger partial charge is 0.378 e. The van der Waals surface area contributed by atoms with Gasteiger partial charge in [0.15, 0.2) is 5.96 Å². The van der Waals surface area contributed by atoms with E-state index in [1.165, 1.54) is 18.4 Å². The molecule has 5 nitrogen and oxygen atoms in total. The number of guanidine groups is 1. The fourth-order valence-electron chi connectivity index (χ4n) is 3.22. The van der Waals surface area contributed by atoms with Crippen molar-refractivity contribution in [2.45, 2.75) is 50.8 Å². The van der Waals surface area contributed by atoms with Gasteiger partial charge in [0.25, 0.3) is 0 Å². The molecule has 0 aromatic heterocycles. The summed E-state index contributed by atoms with van der Waals surface area (Å²) in [5.74, 6) is 0.928. The first-order valence-corrected chi connectivity index (χ1v) is 9.68. The molecule has 3 rings (SSSR count). The molecular weight excluding hydrogens is 439 g/mol. The molecule has 26 heavy (non-hydrogen) atoms. The Bertz CT molecular complexity index is 528. The molecule has 146 valence electrons. The lowest BCUT2D eigenvalue weighted by Crippen LogP contribution is -2.39. The van der Waals surface area contributed by atoms with Crippen LogP contribution >= 0.6 is 24.0 Å². The lowest BCUT2D eigenvalue weighted by molar-refractivity contribution is 0.00534. The monoisotopic (exact) mass is 472 g/mol. The first-order valence-electron chi connectivity index (χ1n) is 9.68. The minimum atomic E-state index is 0. The molecule has 1 aliphatic heterocycles. The Hall–Kier alpha value is -0.860. The Morgan fingerprint density at radius 1 is 1.15 bits per heavy atom. The van der Waals surface area contributed by atoms with Crippen molar-refractivity contribution < 1.29 is 4.74 Å². The fourth-order valence-corrected chi connectivity index (χ4v) is 3.22. The van der Waals surface area contributed by atoms with Crippen molar-refractivity contribution >= 4 is 29.9 Å². The van der Waals surface area contributed by atoms with Crippen molar-refractivity contribution in [2.24, 2.45) is 4.99 Å². The van der Waals surface area contributed by atoms with E-state index in [0.29, 0.717) is 12.1 Å². The molecule has 0 bridgehead atoms. The molecule has 0 unspecified atom stereocenters. The highest BCUT2D eigenvalue weighted by Gasteiger charge is 2.22. The van der Waals surface area contributed by atoms with E-state index in [0.717, 1.165) is 58.0 Å². The Kier molecular flexibility index (Phi) is 9.71. The molecular formula is C20H33IN4O. The highest BCUT2D eigenvalue weighted by molar-refractivity contribution is 14.0. The number of rotatable bonds is 8. The molecule has 6 heteroatoms. The summed E-state index contributed by atoms with van der Waals surface area (Å²) in [6, 6.07) is 11.4. The van der Waals surface area contributed by atoms with Crippen LogP contribution in [0.4, 0.5) is 0 Å². The third kappa shape index (κ3) is 7.80. The van der Waals surface area contributed by atoms with E-state index in [1.807, 2.05) is 7.05 Å². The lowest BCUT2D eigenvalue weighted by Gasteiger charge is -2.32. The number of benzene rings is 1. The first-order chi connectivity index (χ1) is 12.3. The van der Waals surface area contributed by atoms with Crippen LogP contribution < -0.4 is 10.6 Å². The summed E-state index contributed by atoms with van der Waals surface area (Å²) in [5.41, 5.74) is 1.40. The number of nitrogens with one attached hydrogen (secondary N) is 2. The van der Waals surface area contributed by atoms with Crippen LogP contribution in [-0.2, 0) is 11.3 Å². The van der Waals surface area contributed by atoms with E-state index in [1.54, 1.807) is 0 Å².